The lowest BCUT2D eigenvalue weighted by atomic mass is 9.98. The quantitative estimate of drug-likeness (QED) is 0.209. The molecule has 0 fully saturated rings. The van der Waals surface area contributed by atoms with E-state index in [1.54, 1.807) is 38.5 Å². The number of pyridine rings is 1. The van der Waals surface area contributed by atoms with E-state index in [2.05, 4.69) is 27.3 Å². The third-order valence-electron chi connectivity index (χ3n) is 8.23. The fourth-order valence-electron chi connectivity index (χ4n) is 5.97. The summed E-state index contributed by atoms with van der Waals surface area (Å²) in [6, 6.07) is 21.8. The fraction of sp³-hybridized carbons (Fsp3) is 0.257. The van der Waals surface area contributed by atoms with Gasteiger partial charge >= 0.3 is 0 Å². The third kappa shape index (κ3) is 5.96. The Morgan fingerprint density at radius 2 is 1.63 bits per heavy atom. The summed E-state index contributed by atoms with van der Waals surface area (Å²) < 4.78 is 25.4. The van der Waals surface area contributed by atoms with Gasteiger partial charge in [-0.3, -0.25) is 14.5 Å². The SMILES string of the molecule is COc1cc2c(cc1OC)CN(CCCc1ccc(NC(=O)Cc3cccc4c(=O)c5cccc(F)c5[nH]c34)cc1)CC2. The predicted molar refractivity (Wildman–Crippen MR) is 168 cm³/mol. The average molecular weight is 580 g/mol. The van der Waals surface area contributed by atoms with Gasteiger partial charge in [0.1, 0.15) is 5.82 Å². The molecule has 0 unspecified atom stereocenters. The minimum Gasteiger partial charge on any atom is -0.493 e. The second-order valence-electron chi connectivity index (χ2n) is 11.0. The molecule has 0 saturated carbocycles. The Labute approximate surface area is 249 Å². The number of H-pyrrole nitrogens is 1. The highest BCUT2D eigenvalue weighted by molar-refractivity contribution is 5.98. The molecule has 2 heterocycles. The maximum absolute atomic E-state index is 14.4. The van der Waals surface area contributed by atoms with Gasteiger partial charge in [-0.2, -0.15) is 0 Å². The zero-order valence-corrected chi connectivity index (χ0v) is 24.3. The number of rotatable bonds is 9. The van der Waals surface area contributed by atoms with Crippen LogP contribution in [-0.4, -0.2) is 43.1 Å². The summed E-state index contributed by atoms with van der Waals surface area (Å²) in [5.41, 5.74) is 5.53. The standard InChI is InChI=1S/C35H34FN3O4/c1-42-30-18-23-15-17-39(21-25(23)19-31(30)43-2)16-5-6-22-11-13-26(14-12-22)37-32(40)20-24-7-3-8-27-33(24)38-34-28(35(27)41)9-4-10-29(34)36/h3-4,7-14,18-19H,5-6,15-17,20-21H2,1-2H3,(H,37,40)(H,38,41). The number of para-hydroxylation sites is 2. The van der Waals surface area contributed by atoms with Crippen molar-refractivity contribution in [3.8, 4) is 11.5 Å². The molecular formula is C35H34FN3O4. The van der Waals surface area contributed by atoms with Crippen molar-refractivity contribution in [1.82, 2.24) is 9.88 Å². The Hall–Kier alpha value is -4.69. The highest BCUT2D eigenvalue weighted by atomic mass is 19.1. The Kier molecular flexibility index (Phi) is 8.11. The first-order valence-corrected chi connectivity index (χ1v) is 14.5. The van der Waals surface area contributed by atoms with Crippen LogP contribution in [0.25, 0.3) is 21.8 Å². The van der Waals surface area contributed by atoms with Crippen molar-refractivity contribution >= 4 is 33.4 Å². The van der Waals surface area contributed by atoms with Crippen molar-refractivity contribution in [3.05, 3.63) is 111 Å². The first-order chi connectivity index (χ1) is 20.9. The molecule has 7 nitrogen and oxygen atoms in total. The number of ether oxygens (including phenoxy) is 2. The van der Waals surface area contributed by atoms with Crippen LogP contribution in [0.4, 0.5) is 10.1 Å². The molecule has 2 N–H and O–H groups in total. The number of nitrogens with zero attached hydrogens (tertiary/aromatic N) is 1. The number of methoxy groups -OCH3 is 2. The number of fused-ring (bicyclic) bond motifs is 3. The van der Waals surface area contributed by atoms with Crippen LogP contribution < -0.4 is 20.2 Å². The van der Waals surface area contributed by atoms with E-state index in [9.17, 15) is 14.0 Å². The summed E-state index contributed by atoms with van der Waals surface area (Å²) in [5, 5.41) is 3.67. The average Bonchev–Trinajstić information content (AvgIpc) is 3.02. The van der Waals surface area contributed by atoms with E-state index in [1.165, 1.54) is 28.8 Å². The summed E-state index contributed by atoms with van der Waals surface area (Å²) in [6.07, 6.45) is 3.01. The number of halogens is 1. The van der Waals surface area contributed by atoms with Crippen LogP contribution in [0.5, 0.6) is 11.5 Å². The molecule has 0 aliphatic carbocycles. The van der Waals surface area contributed by atoms with E-state index >= 15 is 0 Å². The molecule has 0 spiro atoms. The van der Waals surface area contributed by atoms with Crippen LogP contribution >= 0.6 is 0 Å². The summed E-state index contributed by atoms with van der Waals surface area (Å²) in [5.74, 6) is 0.837. The van der Waals surface area contributed by atoms with Gasteiger partial charge in [0, 0.05) is 29.5 Å². The van der Waals surface area contributed by atoms with Gasteiger partial charge in [-0.05, 0) is 90.5 Å². The highest BCUT2D eigenvalue weighted by Crippen LogP contribution is 2.33. The minimum atomic E-state index is -0.501. The molecule has 220 valence electrons. The number of hydrogen-bond acceptors (Lipinski definition) is 5. The Bertz CT molecular complexity index is 1870. The van der Waals surface area contributed by atoms with Gasteiger partial charge in [0.2, 0.25) is 5.91 Å². The summed E-state index contributed by atoms with van der Waals surface area (Å²) >= 11 is 0. The number of aromatic nitrogens is 1. The van der Waals surface area contributed by atoms with E-state index in [4.69, 9.17) is 9.47 Å². The van der Waals surface area contributed by atoms with E-state index in [0.717, 1.165) is 50.4 Å². The van der Waals surface area contributed by atoms with Gasteiger partial charge in [-0.25, -0.2) is 4.39 Å². The van der Waals surface area contributed by atoms with E-state index < -0.39 is 5.82 Å². The van der Waals surface area contributed by atoms with E-state index in [1.807, 2.05) is 24.3 Å². The number of aryl methyl sites for hydroxylation is 1. The molecule has 5 aromatic rings. The van der Waals surface area contributed by atoms with Crippen molar-refractivity contribution < 1.29 is 18.7 Å². The predicted octanol–water partition coefficient (Wildman–Crippen LogP) is 6.01. The lowest BCUT2D eigenvalue weighted by Gasteiger charge is -2.29. The number of carbonyl (C=O) groups is 1. The van der Waals surface area contributed by atoms with Crippen molar-refractivity contribution in [1.29, 1.82) is 0 Å². The number of benzene rings is 4. The molecule has 0 saturated heterocycles. The summed E-state index contributed by atoms with van der Waals surface area (Å²) in [4.78, 5) is 31.4. The topological polar surface area (TPSA) is 83.7 Å². The Morgan fingerprint density at radius 3 is 2.37 bits per heavy atom. The van der Waals surface area contributed by atoms with Gasteiger partial charge in [-0.15, -0.1) is 0 Å². The molecule has 0 radical (unpaired) electrons. The van der Waals surface area contributed by atoms with Gasteiger partial charge in [0.05, 0.1) is 31.7 Å². The lowest BCUT2D eigenvalue weighted by molar-refractivity contribution is -0.115. The molecule has 6 rings (SSSR count). The smallest absolute Gasteiger partial charge is 0.228 e. The van der Waals surface area contributed by atoms with E-state index in [0.29, 0.717) is 22.2 Å². The molecule has 1 aliphatic rings. The maximum atomic E-state index is 14.4. The molecule has 0 atom stereocenters. The highest BCUT2D eigenvalue weighted by Gasteiger charge is 2.19. The van der Waals surface area contributed by atoms with Crippen molar-refractivity contribution in [2.24, 2.45) is 0 Å². The second-order valence-corrected chi connectivity index (χ2v) is 11.0. The number of hydrogen-bond donors (Lipinski definition) is 2. The number of carbonyl (C=O) groups excluding carboxylic acids is 1. The van der Waals surface area contributed by atoms with Gasteiger partial charge in [0.15, 0.2) is 16.9 Å². The van der Waals surface area contributed by atoms with Gasteiger partial charge in [0.25, 0.3) is 0 Å². The molecule has 0 bridgehead atoms. The van der Waals surface area contributed by atoms with Crippen LogP contribution in [0, 0.1) is 5.82 Å². The van der Waals surface area contributed by atoms with Crippen LogP contribution in [0.15, 0.2) is 77.6 Å². The number of aromatic amines is 1. The molecule has 4 aromatic carbocycles. The van der Waals surface area contributed by atoms with E-state index in [-0.39, 0.29) is 28.7 Å². The molecule has 1 amide bonds. The first kappa shape index (κ1) is 28.4. The molecule has 1 aromatic heterocycles. The Balaban J connectivity index is 1.04. The van der Waals surface area contributed by atoms with Gasteiger partial charge < -0.3 is 19.8 Å². The largest absolute Gasteiger partial charge is 0.493 e. The molecule has 43 heavy (non-hydrogen) atoms. The van der Waals surface area contributed by atoms with Crippen molar-refractivity contribution in [3.63, 3.8) is 0 Å². The maximum Gasteiger partial charge on any atom is 0.228 e. The molecular weight excluding hydrogens is 545 g/mol. The zero-order valence-electron chi connectivity index (χ0n) is 24.3. The van der Waals surface area contributed by atoms with Crippen molar-refractivity contribution in [2.75, 3.05) is 32.6 Å². The first-order valence-electron chi connectivity index (χ1n) is 14.5. The van der Waals surface area contributed by atoms with Crippen molar-refractivity contribution in [2.45, 2.75) is 32.2 Å². The Morgan fingerprint density at radius 1 is 0.930 bits per heavy atom. The fourth-order valence-corrected chi connectivity index (χ4v) is 5.97. The van der Waals surface area contributed by atoms with Crippen LogP contribution in [-0.2, 0) is 30.6 Å². The molecule has 8 heteroatoms. The number of anilines is 1. The minimum absolute atomic E-state index is 0.0482. The monoisotopic (exact) mass is 579 g/mol. The van der Waals surface area contributed by atoms with Crippen LogP contribution in [0.1, 0.15) is 28.7 Å². The number of nitrogens with one attached hydrogen (secondary N) is 2. The summed E-state index contributed by atoms with van der Waals surface area (Å²) in [7, 11) is 3.34. The third-order valence-corrected chi connectivity index (χ3v) is 8.23. The van der Waals surface area contributed by atoms with Crippen LogP contribution in [0.2, 0.25) is 0 Å². The zero-order chi connectivity index (χ0) is 29.9. The second kappa shape index (κ2) is 12.3. The van der Waals surface area contributed by atoms with Crippen LogP contribution in [0.3, 0.4) is 0 Å². The number of amides is 1. The van der Waals surface area contributed by atoms with Gasteiger partial charge in [-0.1, -0.05) is 30.3 Å². The summed E-state index contributed by atoms with van der Waals surface area (Å²) in [6.45, 7) is 2.91. The normalized spacial score (nSPS) is 13.2. The molecule has 1 aliphatic heterocycles. The lowest BCUT2D eigenvalue weighted by Crippen LogP contribution is -2.31.